The van der Waals surface area contributed by atoms with Gasteiger partial charge in [-0.3, -0.25) is 14.7 Å². The molecule has 0 atom stereocenters. The topological polar surface area (TPSA) is 150 Å². The van der Waals surface area contributed by atoms with Gasteiger partial charge < -0.3 is 20.5 Å². The first-order valence-electron chi connectivity index (χ1n) is 12.4. The van der Waals surface area contributed by atoms with Gasteiger partial charge in [0.1, 0.15) is 23.1 Å². The fraction of sp³-hybridized carbons (Fsp3) is 0.346. The first kappa shape index (κ1) is 26.1. The monoisotopic (exact) mass is 539 g/mol. The summed E-state index contributed by atoms with van der Waals surface area (Å²) in [5, 5.41) is 14.0. The summed E-state index contributed by atoms with van der Waals surface area (Å²) in [7, 11) is 0. The molecule has 1 aliphatic rings. The largest absolute Gasteiger partial charge is 0.485 e. The van der Waals surface area contributed by atoms with E-state index in [0.717, 1.165) is 6.92 Å². The molecule has 0 spiro atoms. The summed E-state index contributed by atoms with van der Waals surface area (Å²) in [6.45, 7) is -0.0373. The number of carbonyl (C=O) groups excluding carboxylic acids is 2. The maximum Gasteiger partial charge on any atom is 0.278 e. The van der Waals surface area contributed by atoms with Gasteiger partial charge in [-0.15, -0.1) is 0 Å². The minimum Gasteiger partial charge on any atom is -0.485 e. The number of amides is 2. The van der Waals surface area contributed by atoms with E-state index >= 15 is 0 Å². The average Bonchev–Trinajstić information content (AvgIpc) is 3.58. The van der Waals surface area contributed by atoms with Crippen molar-refractivity contribution in [1.29, 1.82) is 0 Å². The lowest BCUT2D eigenvalue weighted by Crippen LogP contribution is -2.39. The van der Waals surface area contributed by atoms with Crippen LogP contribution in [0, 0.1) is 0 Å². The number of hydrogen-bond acceptors (Lipinski definition) is 7. The molecule has 13 heteroatoms. The fourth-order valence-electron chi connectivity index (χ4n) is 4.59. The van der Waals surface area contributed by atoms with Crippen molar-refractivity contribution in [2.24, 2.45) is 5.73 Å². The number of alkyl halides is 2. The summed E-state index contributed by atoms with van der Waals surface area (Å²) in [4.78, 5) is 29.0. The van der Waals surface area contributed by atoms with E-state index in [1.165, 1.54) is 23.1 Å². The predicted molar refractivity (Wildman–Crippen MR) is 136 cm³/mol. The van der Waals surface area contributed by atoms with E-state index in [0.29, 0.717) is 48.0 Å². The summed E-state index contributed by atoms with van der Waals surface area (Å²) in [5.74, 6) is -3.54. The van der Waals surface area contributed by atoms with Crippen LogP contribution in [0.25, 0.3) is 16.8 Å². The van der Waals surface area contributed by atoms with Crippen LogP contribution in [0.4, 0.5) is 8.78 Å². The molecule has 0 saturated heterocycles. The molecule has 1 saturated carbocycles. The van der Waals surface area contributed by atoms with Gasteiger partial charge in [-0.2, -0.15) is 10.2 Å². The van der Waals surface area contributed by atoms with Crippen LogP contribution in [-0.2, 0) is 0 Å². The lowest BCUT2D eigenvalue weighted by Gasteiger charge is -2.29. The van der Waals surface area contributed by atoms with Crippen molar-refractivity contribution in [3.8, 4) is 22.9 Å². The molecular formula is C26H27F2N7O4. The molecule has 5 rings (SSSR count). The van der Waals surface area contributed by atoms with Crippen LogP contribution in [0.2, 0.25) is 0 Å². The van der Waals surface area contributed by atoms with E-state index in [1.54, 1.807) is 30.5 Å². The Hall–Kier alpha value is -4.55. The third-order valence-electron chi connectivity index (χ3n) is 6.47. The molecule has 1 aliphatic carbocycles. The number of rotatable bonds is 9. The Labute approximate surface area is 221 Å². The lowest BCUT2D eigenvalue weighted by atomic mass is 9.92. The Morgan fingerprint density at radius 2 is 1.97 bits per heavy atom. The molecule has 0 bridgehead atoms. The third kappa shape index (κ3) is 5.81. The third-order valence-corrected chi connectivity index (χ3v) is 6.47. The number of nitrogens with one attached hydrogen (secondary N) is 2. The summed E-state index contributed by atoms with van der Waals surface area (Å²) < 4.78 is 39.7. The van der Waals surface area contributed by atoms with Crippen molar-refractivity contribution in [1.82, 2.24) is 30.1 Å². The van der Waals surface area contributed by atoms with Gasteiger partial charge in [0.15, 0.2) is 6.61 Å². The Morgan fingerprint density at radius 3 is 2.67 bits per heavy atom. The quantitative estimate of drug-likeness (QED) is 0.295. The van der Waals surface area contributed by atoms with Gasteiger partial charge in [-0.1, -0.05) is 0 Å². The van der Waals surface area contributed by atoms with E-state index in [1.807, 2.05) is 0 Å². The molecule has 4 aromatic rings. The highest BCUT2D eigenvalue weighted by atomic mass is 19.3. The van der Waals surface area contributed by atoms with Crippen LogP contribution < -0.4 is 20.5 Å². The van der Waals surface area contributed by atoms with Gasteiger partial charge in [0.25, 0.3) is 17.7 Å². The zero-order chi connectivity index (χ0) is 27.6. The lowest BCUT2D eigenvalue weighted by molar-refractivity contribution is -0.0229. The molecule has 4 heterocycles. The molecule has 0 aromatic carbocycles. The van der Waals surface area contributed by atoms with Gasteiger partial charge in [0, 0.05) is 30.9 Å². The molecule has 2 amide bonds. The van der Waals surface area contributed by atoms with Crippen LogP contribution in [0.3, 0.4) is 0 Å². The van der Waals surface area contributed by atoms with E-state index in [9.17, 15) is 18.4 Å². The number of hydrogen-bond donors (Lipinski definition) is 3. The number of ether oxygens (including phenoxy) is 2. The van der Waals surface area contributed by atoms with E-state index < -0.39 is 18.4 Å². The molecule has 1 fully saturated rings. The van der Waals surface area contributed by atoms with Crippen molar-refractivity contribution >= 4 is 17.3 Å². The smallest absolute Gasteiger partial charge is 0.278 e. The maximum absolute atomic E-state index is 13.5. The Morgan fingerprint density at radius 1 is 1.18 bits per heavy atom. The number of carbonyl (C=O) groups is 2. The van der Waals surface area contributed by atoms with Crippen LogP contribution in [0.5, 0.6) is 11.6 Å². The molecule has 204 valence electrons. The van der Waals surface area contributed by atoms with Crippen molar-refractivity contribution in [2.45, 2.75) is 50.7 Å². The number of nitrogens with zero attached hydrogens (tertiary/aromatic N) is 4. The molecule has 39 heavy (non-hydrogen) atoms. The molecule has 4 aromatic heterocycles. The second-order valence-electron chi connectivity index (χ2n) is 9.53. The second kappa shape index (κ2) is 10.7. The van der Waals surface area contributed by atoms with Crippen LogP contribution in [0.1, 0.15) is 53.3 Å². The SMILES string of the molecule is CC(F)(F)COc1ccc2c(C(=O)NC3CCC(Oc4ncccc4C(N)=O)CC3)cnn2c1-c1cn[nH]c1. The average molecular weight is 540 g/mol. The number of halogens is 2. The summed E-state index contributed by atoms with van der Waals surface area (Å²) in [6, 6.07) is 6.26. The van der Waals surface area contributed by atoms with Crippen molar-refractivity contribution < 1.29 is 27.8 Å². The van der Waals surface area contributed by atoms with Crippen molar-refractivity contribution in [2.75, 3.05) is 6.61 Å². The number of pyridine rings is 2. The second-order valence-corrected chi connectivity index (χ2v) is 9.53. The van der Waals surface area contributed by atoms with Crippen LogP contribution >= 0.6 is 0 Å². The summed E-state index contributed by atoms with van der Waals surface area (Å²) in [6.07, 6.45) is 8.56. The Balaban J connectivity index is 1.28. The standard InChI is InChI=1S/C26H27F2N7O4/c1-26(27,28)14-38-21-9-8-20-19(13-33-35(20)22(21)15-11-31-32-12-15)24(37)34-16-4-6-17(7-5-16)39-25-18(23(29)36)3-2-10-30-25/h2-3,8-13,16-17H,4-7,14H2,1H3,(H2,29,36)(H,31,32)(H,34,37). The Bertz CT molecular complexity index is 1480. The van der Waals surface area contributed by atoms with Gasteiger partial charge in [-0.25, -0.2) is 18.3 Å². The zero-order valence-corrected chi connectivity index (χ0v) is 21.1. The van der Waals surface area contributed by atoms with Gasteiger partial charge >= 0.3 is 0 Å². The summed E-state index contributed by atoms with van der Waals surface area (Å²) in [5.41, 5.74) is 7.42. The number of H-pyrrole nitrogens is 1. The van der Waals surface area contributed by atoms with Gasteiger partial charge in [0.05, 0.1) is 23.5 Å². The number of nitrogens with two attached hydrogens (primary N) is 1. The van der Waals surface area contributed by atoms with E-state index in [4.69, 9.17) is 15.2 Å². The minimum atomic E-state index is -3.02. The number of aromatic nitrogens is 5. The molecule has 0 unspecified atom stereocenters. The molecule has 4 N–H and O–H groups in total. The minimum absolute atomic E-state index is 0.0885. The highest BCUT2D eigenvalue weighted by Crippen LogP contribution is 2.32. The first-order chi connectivity index (χ1) is 18.7. The van der Waals surface area contributed by atoms with Crippen molar-refractivity contribution in [3.63, 3.8) is 0 Å². The predicted octanol–water partition coefficient (Wildman–Crippen LogP) is 3.37. The maximum atomic E-state index is 13.5. The van der Waals surface area contributed by atoms with E-state index in [-0.39, 0.29) is 35.2 Å². The normalized spacial score (nSPS) is 17.6. The fourth-order valence-corrected chi connectivity index (χ4v) is 4.59. The molecule has 0 radical (unpaired) electrons. The molecule has 0 aliphatic heterocycles. The molecular weight excluding hydrogens is 512 g/mol. The highest BCUT2D eigenvalue weighted by molar-refractivity contribution is 6.01. The van der Waals surface area contributed by atoms with E-state index in [2.05, 4.69) is 25.6 Å². The van der Waals surface area contributed by atoms with Crippen molar-refractivity contribution in [3.05, 3.63) is 60.2 Å². The van der Waals surface area contributed by atoms with Gasteiger partial charge in [0.2, 0.25) is 5.88 Å². The first-order valence-corrected chi connectivity index (χ1v) is 12.4. The van der Waals surface area contributed by atoms with Crippen LogP contribution in [-0.4, -0.2) is 61.3 Å². The zero-order valence-electron chi connectivity index (χ0n) is 21.1. The van der Waals surface area contributed by atoms with Gasteiger partial charge in [-0.05, 0) is 49.9 Å². The Kier molecular flexibility index (Phi) is 7.13. The molecule has 11 nitrogen and oxygen atoms in total. The number of fused-ring (bicyclic) bond motifs is 1. The highest BCUT2D eigenvalue weighted by Gasteiger charge is 2.28. The van der Waals surface area contributed by atoms with Crippen LogP contribution in [0.15, 0.2) is 49.1 Å². The number of aromatic amines is 1. The summed E-state index contributed by atoms with van der Waals surface area (Å²) >= 11 is 0. The number of primary amides is 1.